The molecule has 1 atom stereocenters. The summed E-state index contributed by atoms with van der Waals surface area (Å²) < 4.78 is 0. The molecule has 0 saturated carbocycles. The first-order valence-electron chi connectivity index (χ1n) is 7.52. The third-order valence-corrected chi connectivity index (χ3v) is 3.84. The fourth-order valence-electron chi connectivity index (χ4n) is 2.58. The number of nitrogens with one attached hydrogen (secondary N) is 3. The van der Waals surface area contributed by atoms with Gasteiger partial charge in [0.2, 0.25) is 5.91 Å². The topological polar surface area (TPSA) is 70.2 Å². The molecular formula is C16H23N3O2. The summed E-state index contributed by atoms with van der Waals surface area (Å²) in [6, 6.07) is 6.92. The number of hydrogen-bond donors (Lipinski definition) is 3. The molecule has 0 radical (unpaired) electrons. The summed E-state index contributed by atoms with van der Waals surface area (Å²) in [6.45, 7) is 2.12. The Labute approximate surface area is 125 Å². The summed E-state index contributed by atoms with van der Waals surface area (Å²) in [4.78, 5) is 23.3. The van der Waals surface area contributed by atoms with Gasteiger partial charge in [0.1, 0.15) is 0 Å². The van der Waals surface area contributed by atoms with Gasteiger partial charge in [-0.15, -0.1) is 0 Å². The van der Waals surface area contributed by atoms with E-state index in [0.717, 1.165) is 25.2 Å². The van der Waals surface area contributed by atoms with Gasteiger partial charge in [-0.3, -0.25) is 9.59 Å². The van der Waals surface area contributed by atoms with Gasteiger partial charge in [0.15, 0.2) is 0 Å². The lowest BCUT2D eigenvalue weighted by atomic mass is 9.94. The number of amides is 2. The Kier molecular flexibility index (Phi) is 5.75. The first kappa shape index (κ1) is 15.5. The highest BCUT2D eigenvalue weighted by Gasteiger charge is 2.14. The maximum Gasteiger partial charge on any atom is 0.251 e. The van der Waals surface area contributed by atoms with E-state index < -0.39 is 0 Å². The van der Waals surface area contributed by atoms with Crippen LogP contribution in [0.4, 0.5) is 5.69 Å². The van der Waals surface area contributed by atoms with Crippen molar-refractivity contribution in [3.05, 3.63) is 29.8 Å². The number of piperidine rings is 1. The van der Waals surface area contributed by atoms with Crippen LogP contribution >= 0.6 is 0 Å². The van der Waals surface area contributed by atoms with Crippen LogP contribution in [0.5, 0.6) is 0 Å². The van der Waals surface area contributed by atoms with Crippen LogP contribution in [0.1, 0.15) is 36.0 Å². The second kappa shape index (κ2) is 7.78. The summed E-state index contributed by atoms with van der Waals surface area (Å²) in [7, 11) is 1.60. The van der Waals surface area contributed by atoms with Crippen LogP contribution < -0.4 is 16.0 Å². The third-order valence-electron chi connectivity index (χ3n) is 3.84. The van der Waals surface area contributed by atoms with E-state index in [2.05, 4.69) is 16.0 Å². The Morgan fingerprint density at radius 3 is 2.67 bits per heavy atom. The maximum atomic E-state index is 11.9. The summed E-state index contributed by atoms with van der Waals surface area (Å²) in [6.07, 6.45) is 3.88. The van der Waals surface area contributed by atoms with Crippen molar-refractivity contribution in [3.63, 3.8) is 0 Å². The molecule has 2 rings (SSSR count). The molecular weight excluding hydrogens is 266 g/mol. The Morgan fingerprint density at radius 1 is 1.29 bits per heavy atom. The van der Waals surface area contributed by atoms with Crippen LogP contribution in [-0.2, 0) is 4.79 Å². The van der Waals surface area contributed by atoms with Crippen molar-refractivity contribution in [1.82, 2.24) is 10.6 Å². The standard InChI is InChI=1S/C16H23N3O2/c1-17-16(21)13-5-7-14(8-6-13)19-15(20)9-4-12-3-2-10-18-11-12/h5-8,12,18H,2-4,9-11H2,1H3,(H,17,21)(H,19,20). The Balaban J connectivity index is 1.77. The minimum atomic E-state index is -0.127. The maximum absolute atomic E-state index is 11.9. The lowest BCUT2D eigenvalue weighted by molar-refractivity contribution is -0.116. The average molecular weight is 289 g/mol. The Bertz CT molecular complexity index is 479. The zero-order valence-corrected chi connectivity index (χ0v) is 12.4. The van der Waals surface area contributed by atoms with E-state index in [1.54, 1.807) is 31.3 Å². The summed E-state index contributed by atoms with van der Waals surface area (Å²) >= 11 is 0. The molecule has 0 spiro atoms. The predicted molar refractivity (Wildman–Crippen MR) is 83.3 cm³/mol. The highest BCUT2D eigenvalue weighted by atomic mass is 16.2. The van der Waals surface area contributed by atoms with E-state index in [4.69, 9.17) is 0 Å². The van der Waals surface area contributed by atoms with Crippen molar-refractivity contribution in [2.24, 2.45) is 5.92 Å². The molecule has 2 amide bonds. The molecule has 5 heteroatoms. The highest BCUT2D eigenvalue weighted by Crippen LogP contribution is 2.17. The largest absolute Gasteiger partial charge is 0.355 e. The molecule has 0 bridgehead atoms. The van der Waals surface area contributed by atoms with Gasteiger partial charge < -0.3 is 16.0 Å². The molecule has 1 saturated heterocycles. The number of rotatable bonds is 5. The monoisotopic (exact) mass is 289 g/mol. The fourth-order valence-corrected chi connectivity index (χ4v) is 2.58. The summed E-state index contributed by atoms with van der Waals surface area (Å²) in [5, 5.41) is 8.80. The molecule has 1 aliphatic rings. The first-order chi connectivity index (χ1) is 10.2. The van der Waals surface area contributed by atoms with Gasteiger partial charge in [-0.05, 0) is 62.5 Å². The second-order valence-corrected chi connectivity index (χ2v) is 5.46. The fraction of sp³-hybridized carbons (Fsp3) is 0.500. The molecule has 1 aromatic carbocycles. The van der Waals surface area contributed by atoms with Gasteiger partial charge in [0.05, 0.1) is 0 Å². The zero-order chi connectivity index (χ0) is 15.1. The van der Waals surface area contributed by atoms with E-state index in [0.29, 0.717) is 17.9 Å². The minimum absolute atomic E-state index is 0.0354. The van der Waals surface area contributed by atoms with Gasteiger partial charge in [-0.2, -0.15) is 0 Å². The van der Waals surface area contributed by atoms with Crippen LogP contribution in [0.2, 0.25) is 0 Å². The molecule has 1 aromatic rings. The van der Waals surface area contributed by atoms with Crippen molar-refractivity contribution < 1.29 is 9.59 Å². The van der Waals surface area contributed by atoms with Crippen LogP contribution in [0.3, 0.4) is 0 Å². The van der Waals surface area contributed by atoms with Crippen LogP contribution in [0, 0.1) is 5.92 Å². The summed E-state index contributed by atoms with van der Waals surface area (Å²) in [5.41, 5.74) is 1.32. The molecule has 0 aliphatic carbocycles. The molecule has 1 heterocycles. The van der Waals surface area contributed by atoms with Crippen molar-refractivity contribution >= 4 is 17.5 Å². The molecule has 5 nitrogen and oxygen atoms in total. The number of hydrogen-bond acceptors (Lipinski definition) is 3. The molecule has 1 unspecified atom stereocenters. The number of anilines is 1. The quantitative estimate of drug-likeness (QED) is 0.773. The predicted octanol–water partition coefficient (Wildman–Crippen LogP) is 1.76. The lowest BCUT2D eigenvalue weighted by Crippen LogP contribution is -2.30. The number of carbonyl (C=O) groups excluding carboxylic acids is 2. The van der Waals surface area contributed by atoms with Crippen LogP contribution in [-0.4, -0.2) is 32.0 Å². The number of benzene rings is 1. The van der Waals surface area contributed by atoms with Gasteiger partial charge in [-0.25, -0.2) is 0 Å². The Hall–Kier alpha value is -1.88. The highest BCUT2D eigenvalue weighted by molar-refractivity contribution is 5.95. The van der Waals surface area contributed by atoms with Gasteiger partial charge in [0, 0.05) is 24.7 Å². The summed E-state index contributed by atoms with van der Waals surface area (Å²) in [5.74, 6) is 0.520. The third kappa shape index (κ3) is 4.86. The molecule has 1 fully saturated rings. The van der Waals surface area contributed by atoms with Gasteiger partial charge in [0.25, 0.3) is 5.91 Å². The van der Waals surface area contributed by atoms with Crippen molar-refractivity contribution in [2.45, 2.75) is 25.7 Å². The zero-order valence-electron chi connectivity index (χ0n) is 12.4. The van der Waals surface area contributed by atoms with Crippen LogP contribution in [0.15, 0.2) is 24.3 Å². The molecule has 0 aromatic heterocycles. The van der Waals surface area contributed by atoms with Crippen molar-refractivity contribution in [1.29, 1.82) is 0 Å². The van der Waals surface area contributed by atoms with Crippen LogP contribution in [0.25, 0.3) is 0 Å². The molecule has 3 N–H and O–H groups in total. The molecule has 21 heavy (non-hydrogen) atoms. The van der Waals surface area contributed by atoms with E-state index in [1.807, 2.05) is 0 Å². The van der Waals surface area contributed by atoms with Gasteiger partial charge in [-0.1, -0.05) is 0 Å². The smallest absolute Gasteiger partial charge is 0.251 e. The van der Waals surface area contributed by atoms with Crippen molar-refractivity contribution in [3.8, 4) is 0 Å². The Morgan fingerprint density at radius 2 is 2.05 bits per heavy atom. The SMILES string of the molecule is CNC(=O)c1ccc(NC(=O)CCC2CCCNC2)cc1. The first-order valence-corrected chi connectivity index (χ1v) is 7.52. The number of carbonyl (C=O) groups is 2. The van der Waals surface area contributed by atoms with E-state index in [9.17, 15) is 9.59 Å². The second-order valence-electron chi connectivity index (χ2n) is 5.46. The van der Waals surface area contributed by atoms with E-state index >= 15 is 0 Å². The average Bonchev–Trinajstić information content (AvgIpc) is 2.54. The molecule has 114 valence electrons. The molecule has 1 aliphatic heterocycles. The normalized spacial score (nSPS) is 18.0. The van der Waals surface area contributed by atoms with Crippen molar-refractivity contribution in [2.75, 3.05) is 25.5 Å². The van der Waals surface area contributed by atoms with E-state index in [-0.39, 0.29) is 11.8 Å². The minimum Gasteiger partial charge on any atom is -0.355 e. The van der Waals surface area contributed by atoms with Gasteiger partial charge >= 0.3 is 0 Å². The van der Waals surface area contributed by atoms with E-state index in [1.165, 1.54) is 12.8 Å². The lowest BCUT2D eigenvalue weighted by Gasteiger charge is -2.22.